The Morgan fingerprint density at radius 1 is 1.12 bits per heavy atom. The van der Waals surface area contributed by atoms with Crippen molar-refractivity contribution in [2.24, 2.45) is 0 Å². The van der Waals surface area contributed by atoms with Gasteiger partial charge in [-0.25, -0.2) is 0 Å². The molecule has 1 fully saturated rings. The lowest BCUT2D eigenvalue weighted by molar-refractivity contribution is -0.124. The number of amides is 2. The van der Waals surface area contributed by atoms with Crippen molar-refractivity contribution in [3.05, 3.63) is 62.5 Å². The third-order valence-corrected chi connectivity index (χ3v) is 5.27. The van der Waals surface area contributed by atoms with Gasteiger partial charge in [0.25, 0.3) is 5.91 Å². The maximum absolute atomic E-state index is 12.8. The van der Waals surface area contributed by atoms with E-state index >= 15 is 0 Å². The van der Waals surface area contributed by atoms with Crippen LogP contribution in [0.2, 0.25) is 10.0 Å². The van der Waals surface area contributed by atoms with Crippen LogP contribution >= 0.6 is 39.1 Å². The summed E-state index contributed by atoms with van der Waals surface area (Å²) >= 11 is 15.5. The maximum atomic E-state index is 12.8. The van der Waals surface area contributed by atoms with Gasteiger partial charge in [-0.1, -0.05) is 39.1 Å². The summed E-state index contributed by atoms with van der Waals surface area (Å²) in [6, 6.07) is 11.6. The molecule has 7 heteroatoms. The predicted molar refractivity (Wildman–Crippen MR) is 103 cm³/mol. The summed E-state index contributed by atoms with van der Waals surface area (Å²) < 4.78 is 0.898. The predicted octanol–water partition coefficient (Wildman–Crippen LogP) is 4.63. The Bertz CT molecular complexity index is 826. The second kappa shape index (κ2) is 7.36. The maximum Gasteiger partial charge on any atom is 0.254 e. The molecule has 0 aliphatic carbocycles. The van der Waals surface area contributed by atoms with Gasteiger partial charge in [-0.15, -0.1) is 0 Å². The highest BCUT2D eigenvalue weighted by atomic mass is 79.9. The van der Waals surface area contributed by atoms with Gasteiger partial charge >= 0.3 is 0 Å². The zero-order valence-corrected chi connectivity index (χ0v) is 16.5. The first-order valence-electron chi connectivity index (χ1n) is 7.71. The Kier molecular flexibility index (Phi) is 5.37. The summed E-state index contributed by atoms with van der Waals surface area (Å²) in [5.41, 5.74) is 1.17. The summed E-state index contributed by atoms with van der Waals surface area (Å²) in [6.45, 7) is 2.54. The molecule has 1 atom stereocenters. The molecule has 130 valence electrons. The molecule has 1 aliphatic rings. The van der Waals surface area contributed by atoms with Gasteiger partial charge in [-0.2, -0.15) is 0 Å². The van der Waals surface area contributed by atoms with Crippen LogP contribution in [0, 0.1) is 0 Å². The lowest BCUT2D eigenvalue weighted by Gasteiger charge is -2.39. The van der Waals surface area contributed by atoms with E-state index in [9.17, 15) is 9.59 Å². The Labute approximate surface area is 164 Å². The van der Waals surface area contributed by atoms with Crippen molar-refractivity contribution in [2.75, 3.05) is 18.0 Å². The Morgan fingerprint density at radius 3 is 2.44 bits per heavy atom. The van der Waals surface area contributed by atoms with Gasteiger partial charge in [0.2, 0.25) is 5.91 Å². The molecule has 0 N–H and O–H groups in total. The molecule has 0 spiro atoms. The molecular weight excluding hydrogens is 427 g/mol. The first kappa shape index (κ1) is 18.2. The molecule has 2 amide bonds. The molecule has 0 bridgehead atoms. The van der Waals surface area contributed by atoms with E-state index in [-0.39, 0.29) is 11.8 Å². The highest BCUT2D eigenvalue weighted by molar-refractivity contribution is 9.10. The Hall–Kier alpha value is -1.56. The first-order chi connectivity index (χ1) is 11.9. The highest BCUT2D eigenvalue weighted by Gasteiger charge is 2.36. The van der Waals surface area contributed by atoms with E-state index in [0.29, 0.717) is 34.4 Å². The lowest BCUT2D eigenvalue weighted by atomic mass is 10.1. The third kappa shape index (κ3) is 3.68. The van der Waals surface area contributed by atoms with E-state index in [2.05, 4.69) is 15.9 Å². The SMILES string of the molecule is C[C@@H]1C(=O)N(c2ccc(Cl)cc2Cl)CCN1C(=O)c1ccc(Br)cc1. The van der Waals surface area contributed by atoms with E-state index in [0.717, 1.165) is 4.47 Å². The molecule has 0 radical (unpaired) electrons. The van der Waals surface area contributed by atoms with Crippen LogP contribution in [0.1, 0.15) is 17.3 Å². The molecule has 1 saturated heterocycles. The largest absolute Gasteiger partial charge is 0.325 e. The van der Waals surface area contributed by atoms with E-state index in [4.69, 9.17) is 23.2 Å². The van der Waals surface area contributed by atoms with Crippen molar-refractivity contribution in [2.45, 2.75) is 13.0 Å². The zero-order valence-electron chi connectivity index (χ0n) is 13.4. The van der Waals surface area contributed by atoms with Crippen molar-refractivity contribution in [1.29, 1.82) is 0 Å². The molecule has 0 unspecified atom stereocenters. The van der Waals surface area contributed by atoms with E-state index < -0.39 is 6.04 Å². The normalized spacial score (nSPS) is 17.8. The molecule has 1 aliphatic heterocycles. The van der Waals surface area contributed by atoms with Crippen molar-refractivity contribution in [3.63, 3.8) is 0 Å². The van der Waals surface area contributed by atoms with Crippen molar-refractivity contribution >= 4 is 56.6 Å². The Balaban J connectivity index is 1.81. The van der Waals surface area contributed by atoms with E-state index in [1.165, 1.54) is 0 Å². The van der Waals surface area contributed by atoms with Gasteiger partial charge in [0.1, 0.15) is 6.04 Å². The first-order valence-corrected chi connectivity index (χ1v) is 9.26. The average molecular weight is 442 g/mol. The zero-order chi connectivity index (χ0) is 18.1. The fourth-order valence-electron chi connectivity index (χ4n) is 2.85. The number of rotatable bonds is 2. The number of piperazine rings is 1. The standard InChI is InChI=1S/C18H15BrCl2N2O2/c1-11-17(24)23(16-7-6-14(20)10-15(16)21)9-8-22(11)18(25)12-2-4-13(19)5-3-12/h2-7,10-11H,8-9H2,1H3/t11-/m1/s1. The molecule has 3 rings (SSSR count). The summed E-state index contributed by atoms with van der Waals surface area (Å²) in [6.07, 6.45) is 0. The summed E-state index contributed by atoms with van der Waals surface area (Å²) in [5, 5.41) is 0.930. The van der Waals surface area contributed by atoms with Crippen molar-refractivity contribution in [1.82, 2.24) is 4.90 Å². The fourth-order valence-corrected chi connectivity index (χ4v) is 3.62. The van der Waals surface area contributed by atoms with Gasteiger partial charge < -0.3 is 9.80 Å². The molecular formula is C18H15BrCl2N2O2. The molecule has 25 heavy (non-hydrogen) atoms. The minimum atomic E-state index is -0.573. The van der Waals surface area contributed by atoms with Gasteiger partial charge in [0.15, 0.2) is 0 Å². The van der Waals surface area contributed by atoms with Crippen LogP contribution in [-0.4, -0.2) is 35.8 Å². The van der Waals surface area contributed by atoms with Crippen LogP contribution in [0.15, 0.2) is 46.9 Å². The summed E-state index contributed by atoms with van der Waals surface area (Å²) in [7, 11) is 0. The number of nitrogens with zero attached hydrogens (tertiary/aromatic N) is 2. The number of halogens is 3. The quantitative estimate of drug-likeness (QED) is 0.681. The third-order valence-electron chi connectivity index (χ3n) is 4.21. The minimum Gasteiger partial charge on any atom is -0.325 e. The molecule has 2 aromatic rings. The monoisotopic (exact) mass is 440 g/mol. The highest BCUT2D eigenvalue weighted by Crippen LogP contribution is 2.31. The van der Waals surface area contributed by atoms with Gasteiger partial charge in [-0.05, 0) is 49.4 Å². The second-order valence-corrected chi connectivity index (χ2v) is 7.53. The molecule has 1 heterocycles. The fraction of sp³-hybridized carbons (Fsp3) is 0.222. The molecule has 4 nitrogen and oxygen atoms in total. The molecule has 0 aromatic heterocycles. The van der Waals surface area contributed by atoms with Crippen molar-refractivity contribution in [3.8, 4) is 0 Å². The van der Waals surface area contributed by atoms with Gasteiger partial charge in [0, 0.05) is 28.1 Å². The van der Waals surface area contributed by atoms with Crippen LogP contribution in [0.5, 0.6) is 0 Å². The Morgan fingerprint density at radius 2 is 1.80 bits per heavy atom. The number of carbonyl (C=O) groups excluding carboxylic acids is 2. The number of hydrogen-bond donors (Lipinski definition) is 0. The van der Waals surface area contributed by atoms with Crippen LogP contribution in [0.25, 0.3) is 0 Å². The van der Waals surface area contributed by atoms with Crippen LogP contribution in [0.3, 0.4) is 0 Å². The number of anilines is 1. The van der Waals surface area contributed by atoms with E-state index in [1.54, 1.807) is 47.1 Å². The van der Waals surface area contributed by atoms with Crippen LogP contribution in [0.4, 0.5) is 5.69 Å². The van der Waals surface area contributed by atoms with Crippen LogP contribution < -0.4 is 4.90 Å². The molecule has 2 aromatic carbocycles. The summed E-state index contributed by atoms with van der Waals surface area (Å²) in [4.78, 5) is 28.7. The topological polar surface area (TPSA) is 40.6 Å². The van der Waals surface area contributed by atoms with E-state index in [1.807, 2.05) is 12.1 Å². The van der Waals surface area contributed by atoms with Gasteiger partial charge in [-0.3, -0.25) is 9.59 Å². The number of carbonyl (C=O) groups is 2. The van der Waals surface area contributed by atoms with Crippen LogP contribution in [-0.2, 0) is 4.79 Å². The summed E-state index contributed by atoms with van der Waals surface area (Å²) in [5.74, 6) is -0.323. The minimum absolute atomic E-state index is 0.157. The number of hydrogen-bond acceptors (Lipinski definition) is 2. The number of benzene rings is 2. The average Bonchev–Trinajstić information content (AvgIpc) is 2.58. The molecule has 0 saturated carbocycles. The smallest absolute Gasteiger partial charge is 0.254 e. The van der Waals surface area contributed by atoms with Gasteiger partial charge in [0.05, 0.1) is 10.7 Å². The van der Waals surface area contributed by atoms with Crippen molar-refractivity contribution < 1.29 is 9.59 Å². The second-order valence-electron chi connectivity index (χ2n) is 5.77. The lowest BCUT2D eigenvalue weighted by Crippen LogP contribution is -2.57.